The van der Waals surface area contributed by atoms with Crippen molar-refractivity contribution in [2.24, 2.45) is 0 Å². The highest BCUT2D eigenvalue weighted by Crippen LogP contribution is 2.22. The molecule has 0 saturated carbocycles. The van der Waals surface area contributed by atoms with Crippen LogP contribution in [0.5, 0.6) is 0 Å². The molecule has 0 spiro atoms. The zero-order chi connectivity index (χ0) is 13.9. The number of carbonyl (C=O) groups excluding carboxylic acids is 1. The number of rotatable bonds is 3. The number of carboxylic acids is 1. The number of hydrogen-bond donors (Lipinski definition) is 1. The third kappa shape index (κ3) is 3.76. The first kappa shape index (κ1) is 14.0. The van der Waals surface area contributed by atoms with Crippen molar-refractivity contribution in [2.75, 3.05) is 11.9 Å². The highest BCUT2D eigenvalue weighted by Gasteiger charge is 2.32. The average Bonchev–Trinajstić information content (AvgIpc) is 2.26. The van der Waals surface area contributed by atoms with Gasteiger partial charge in [0.1, 0.15) is 6.42 Å². The second kappa shape index (κ2) is 5.07. The molecule has 0 aliphatic carbocycles. The third-order valence-electron chi connectivity index (χ3n) is 2.23. The maximum atomic E-state index is 12.0. The molecule has 4 nitrogen and oxygen atoms in total. The van der Waals surface area contributed by atoms with E-state index in [1.54, 1.807) is 0 Å². The Bertz CT molecular complexity index is 454. The summed E-state index contributed by atoms with van der Waals surface area (Å²) in [5.41, 5.74) is 0.199. The van der Waals surface area contributed by atoms with E-state index in [0.717, 1.165) is 4.90 Å². The molecular weight excluding hydrogens is 251 g/mol. The fourth-order valence-corrected chi connectivity index (χ4v) is 1.26. The summed E-state index contributed by atoms with van der Waals surface area (Å²) in [5.74, 6) is -2.25. The van der Waals surface area contributed by atoms with Gasteiger partial charge < -0.3 is 10.0 Å². The highest BCUT2D eigenvalue weighted by molar-refractivity contribution is 5.94. The van der Waals surface area contributed by atoms with E-state index in [1.807, 2.05) is 0 Å². The Morgan fingerprint density at radius 1 is 1.22 bits per heavy atom. The Morgan fingerprint density at radius 3 is 2.11 bits per heavy atom. The van der Waals surface area contributed by atoms with Gasteiger partial charge in [-0.05, 0) is 24.3 Å². The number of carboxylic acid groups (broad SMARTS) is 1. The smallest absolute Gasteiger partial charge is 0.397 e. The summed E-state index contributed by atoms with van der Waals surface area (Å²) >= 11 is 0. The number of nitrogens with zero attached hydrogens (tertiary/aromatic N) is 1. The summed E-state index contributed by atoms with van der Waals surface area (Å²) in [5, 5.41) is 8.65. The van der Waals surface area contributed by atoms with Gasteiger partial charge in [0.15, 0.2) is 0 Å². The Morgan fingerprint density at radius 2 is 1.72 bits per heavy atom. The lowest BCUT2D eigenvalue weighted by atomic mass is 10.2. The first-order valence-electron chi connectivity index (χ1n) is 4.87. The highest BCUT2D eigenvalue weighted by atomic mass is 19.4. The molecule has 1 aromatic rings. The Balaban J connectivity index is 2.81. The topological polar surface area (TPSA) is 57.6 Å². The van der Waals surface area contributed by atoms with Crippen molar-refractivity contribution in [3.63, 3.8) is 0 Å². The number of alkyl halides is 3. The van der Waals surface area contributed by atoms with Crippen LogP contribution in [0.2, 0.25) is 0 Å². The molecule has 0 atom stereocenters. The van der Waals surface area contributed by atoms with Crippen LogP contribution in [0.3, 0.4) is 0 Å². The molecule has 0 bridgehead atoms. The monoisotopic (exact) mass is 261 g/mol. The SMILES string of the molecule is CN(C(=O)CC(F)(F)F)c1ccc(C(=O)O)cc1. The predicted octanol–water partition coefficient (Wildman–Crippen LogP) is 2.30. The van der Waals surface area contributed by atoms with Crippen molar-refractivity contribution < 1.29 is 27.9 Å². The molecule has 7 heteroatoms. The minimum Gasteiger partial charge on any atom is -0.478 e. The van der Waals surface area contributed by atoms with E-state index in [2.05, 4.69) is 0 Å². The van der Waals surface area contributed by atoms with Crippen molar-refractivity contribution in [3.05, 3.63) is 29.8 Å². The van der Waals surface area contributed by atoms with Crippen molar-refractivity contribution in [3.8, 4) is 0 Å². The van der Waals surface area contributed by atoms with Crippen LogP contribution in [-0.4, -0.2) is 30.2 Å². The molecule has 1 aromatic carbocycles. The first-order valence-corrected chi connectivity index (χ1v) is 4.87. The molecule has 0 aliphatic heterocycles. The molecule has 0 heterocycles. The molecule has 0 aromatic heterocycles. The number of hydrogen-bond acceptors (Lipinski definition) is 2. The van der Waals surface area contributed by atoms with Gasteiger partial charge in [0, 0.05) is 12.7 Å². The predicted molar refractivity (Wildman–Crippen MR) is 57.5 cm³/mol. The van der Waals surface area contributed by atoms with Crippen molar-refractivity contribution >= 4 is 17.6 Å². The van der Waals surface area contributed by atoms with Crippen LogP contribution in [0.4, 0.5) is 18.9 Å². The first-order chi connectivity index (χ1) is 8.20. The van der Waals surface area contributed by atoms with Crippen molar-refractivity contribution in [1.29, 1.82) is 0 Å². The number of carbonyl (C=O) groups is 2. The summed E-state index contributed by atoms with van der Waals surface area (Å²) in [4.78, 5) is 22.7. The van der Waals surface area contributed by atoms with E-state index in [9.17, 15) is 22.8 Å². The zero-order valence-electron chi connectivity index (χ0n) is 9.36. The Hall–Kier alpha value is -2.05. The lowest BCUT2D eigenvalue weighted by Crippen LogP contribution is -2.30. The van der Waals surface area contributed by atoms with Gasteiger partial charge in [0.05, 0.1) is 5.56 Å². The van der Waals surface area contributed by atoms with E-state index in [4.69, 9.17) is 5.11 Å². The zero-order valence-corrected chi connectivity index (χ0v) is 9.36. The molecule has 0 saturated heterocycles. The normalized spacial score (nSPS) is 11.1. The van der Waals surface area contributed by atoms with Crippen molar-refractivity contribution in [2.45, 2.75) is 12.6 Å². The largest absolute Gasteiger partial charge is 0.478 e. The summed E-state index contributed by atoms with van der Waals surface area (Å²) in [6, 6.07) is 4.99. The van der Waals surface area contributed by atoms with Gasteiger partial charge in [-0.25, -0.2) is 4.79 Å². The summed E-state index contributed by atoms with van der Waals surface area (Å²) in [6.07, 6.45) is -6.11. The molecule has 98 valence electrons. The molecule has 1 amide bonds. The van der Waals surface area contributed by atoms with Crippen LogP contribution >= 0.6 is 0 Å². The maximum absolute atomic E-state index is 12.0. The van der Waals surface area contributed by atoms with Gasteiger partial charge in [-0.15, -0.1) is 0 Å². The quantitative estimate of drug-likeness (QED) is 0.908. The van der Waals surface area contributed by atoms with Crippen LogP contribution < -0.4 is 4.90 Å². The van der Waals surface area contributed by atoms with Crippen molar-refractivity contribution in [1.82, 2.24) is 0 Å². The minimum absolute atomic E-state index is 0.00424. The minimum atomic E-state index is -4.56. The van der Waals surface area contributed by atoms with Gasteiger partial charge in [0.2, 0.25) is 5.91 Å². The molecule has 1 N–H and O–H groups in total. The number of anilines is 1. The van der Waals surface area contributed by atoms with E-state index in [1.165, 1.54) is 31.3 Å². The van der Waals surface area contributed by atoms with Crippen LogP contribution in [0.15, 0.2) is 24.3 Å². The van der Waals surface area contributed by atoms with E-state index in [-0.39, 0.29) is 11.3 Å². The van der Waals surface area contributed by atoms with Crippen LogP contribution in [0.25, 0.3) is 0 Å². The Labute approximate surface area is 101 Å². The van der Waals surface area contributed by atoms with Crippen LogP contribution in [0, 0.1) is 0 Å². The fraction of sp³-hybridized carbons (Fsp3) is 0.273. The molecular formula is C11H10F3NO3. The van der Waals surface area contributed by atoms with Gasteiger partial charge in [-0.3, -0.25) is 4.79 Å². The summed E-state index contributed by atoms with van der Waals surface area (Å²) in [7, 11) is 1.20. The van der Waals surface area contributed by atoms with E-state index in [0.29, 0.717) is 0 Å². The van der Waals surface area contributed by atoms with Gasteiger partial charge in [-0.2, -0.15) is 13.2 Å². The van der Waals surface area contributed by atoms with Gasteiger partial charge in [-0.1, -0.05) is 0 Å². The summed E-state index contributed by atoms with van der Waals surface area (Å²) in [6.45, 7) is 0. The number of amides is 1. The van der Waals surface area contributed by atoms with E-state index < -0.39 is 24.5 Å². The molecule has 0 unspecified atom stereocenters. The molecule has 0 radical (unpaired) electrons. The van der Waals surface area contributed by atoms with Crippen LogP contribution in [-0.2, 0) is 4.79 Å². The lowest BCUT2D eigenvalue weighted by Gasteiger charge is -2.18. The number of benzene rings is 1. The summed E-state index contributed by atoms with van der Waals surface area (Å²) < 4.78 is 36.1. The van der Waals surface area contributed by atoms with Gasteiger partial charge >= 0.3 is 12.1 Å². The van der Waals surface area contributed by atoms with Gasteiger partial charge in [0.25, 0.3) is 0 Å². The standard InChI is InChI=1S/C11H10F3NO3/c1-15(9(16)6-11(12,13)14)8-4-2-7(3-5-8)10(17)18/h2-5H,6H2,1H3,(H,17,18). The third-order valence-corrected chi connectivity index (χ3v) is 2.23. The molecule has 18 heavy (non-hydrogen) atoms. The number of aromatic carboxylic acids is 1. The molecule has 0 aliphatic rings. The second-order valence-electron chi connectivity index (χ2n) is 3.60. The number of halogens is 3. The maximum Gasteiger partial charge on any atom is 0.397 e. The second-order valence-corrected chi connectivity index (χ2v) is 3.60. The van der Waals surface area contributed by atoms with Crippen LogP contribution in [0.1, 0.15) is 16.8 Å². The molecule has 1 rings (SSSR count). The Kier molecular flexibility index (Phi) is 3.95. The fourth-order valence-electron chi connectivity index (χ4n) is 1.26. The van der Waals surface area contributed by atoms with E-state index >= 15 is 0 Å². The molecule has 0 fully saturated rings. The lowest BCUT2D eigenvalue weighted by molar-refractivity contribution is -0.151. The average molecular weight is 261 g/mol.